The van der Waals surface area contributed by atoms with Gasteiger partial charge in [0.1, 0.15) is 0 Å². The molecule has 5 nitrogen and oxygen atoms in total. The number of carbonyl (C=O) groups excluding carboxylic acids is 3. The molecule has 3 amide bonds. The van der Waals surface area contributed by atoms with Crippen molar-refractivity contribution in [3.8, 4) is 0 Å². The van der Waals surface area contributed by atoms with E-state index in [1.807, 2.05) is 31.2 Å². The molecule has 1 saturated heterocycles. The second-order valence-electron chi connectivity index (χ2n) is 8.15. The van der Waals surface area contributed by atoms with Gasteiger partial charge in [-0.05, 0) is 67.5 Å². The van der Waals surface area contributed by atoms with E-state index in [9.17, 15) is 14.4 Å². The fourth-order valence-electron chi connectivity index (χ4n) is 4.55. The van der Waals surface area contributed by atoms with Gasteiger partial charge in [-0.3, -0.25) is 19.3 Å². The average molecular weight is 390 g/mol. The van der Waals surface area contributed by atoms with E-state index in [-0.39, 0.29) is 29.6 Å². The quantitative estimate of drug-likeness (QED) is 0.786. The Morgan fingerprint density at radius 2 is 1.69 bits per heavy atom. The number of aryl methyl sites for hydroxylation is 1. The number of imide groups is 1. The first-order valence-electron chi connectivity index (χ1n) is 10.4. The first-order chi connectivity index (χ1) is 14.0. The molecule has 2 aliphatic rings. The minimum atomic E-state index is -0.209. The van der Waals surface area contributed by atoms with Crippen molar-refractivity contribution in [1.82, 2.24) is 0 Å². The minimum absolute atomic E-state index is 0.0963. The summed E-state index contributed by atoms with van der Waals surface area (Å²) in [5.74, 6) is -0.308. The fourth-order valence-corrected chi connectivity index (χ4v) is 4.55. The molecular weight excluding hydrogens is 364 g/mol. The van der Waals surface area contributed by atoms with Crippen molar-refractivity contribution in [2.24, 2.45) is 17.8 Å². The average Bonchev–Trinajstić information content (AvgIpc) is 2.98. The van der Waals surface area contributed by atoms with Crippen molar-refractivity contribution in [3.63, 3.8) is 0 Å². The van der Waals surface area contributed by atoms with Gasteiger partial charge in [-0.1, -0.05) is 32.0 Å². The van der Waals surface area contributed by atoms with Crippen LogP contribution in [0.4, 0.5) is 11.4 Å². The van der Waals surface area contributed by atoms with E-state index in [1.54, 1.807) is 24.3 Å². The van der Waals surface area contributed by atoms with Gasteiger partial charge in [0.15, 0.2) is 0 Å². The Kier molecular flexibility index (Phi) is 5.22. The van der Waals surface area contributed by atoms with Crippen LogP contribution in [-0.4, -0.2) is 17.7 Å². The van der Waals surface area contributed by atoms with Crippen LogP contribution in [0, 0.1) is 17.8 Å². The molecule has 1 aliphatic heterocycles. The summed E-state index contributed by atoms with van der Waals surface area (Å²) in [6.07, 6.45) is 3.38. The Bertz CT molecular complexity index is 951. The molecule has 29 heavy (non-hydrogen) atoms. The monoisotopic (exact) mass is 390 g/mol. The van der Waals surface area contributed by atoms with E-state index >= 15 is 0 Å². The summed E-state index contributed by atoms with van der Waals surface area (Å²) in [6.45, 7) is 4.18. The van der Waals surface area contributed by atoms with Crippen molar-refractivity contribution >= 4 is 29.1 Å². The van der Waals surface area contributed by atoms with Gasteiger partial charge in [0, 0.05) is 11.3 Å². The Labute approximate surface area is 171 Å². The zero-order valence-corrected chi connectivity index (χ0v) is 16.9. The van der Waals surface area contributed by atoms with E-state index in [1.165, 1.54) is 4.90 Å². The molecule has 5 heteroatoms. The highest BCUT2D eigenvalue weighted by Crippen LogP contribution is 2.42. The molecule has 1 heterocycles. The second kappa shape index (κ2) is 7.82. The highest BCUT2D eigenvalue weighted by molar-refractivity contribution is 6.22. The van der Waals surface area contributed by atoms with Gasteiger partial charge in [-0.15, -0.1) is 0 Å². The Morgan fingerprint density at radius 1 is 1.00 bits per heavy atom. The molecule has 1 aliphatic carbocycles. The van der Waals surface area contributed by atoms with Crippen LogP contribution >= 0.6 is 0 Å². The first kappa shape index (κ1) is 19.4. The lowest BCUT2D eigenvalue weighted by molar-refractivity contribution is -0.122. The topological polar surface area (TPSA) is 66.5 Å². The summed E-state index contributed by atoms with van der Waals surface area (Å²) in [7, 11) is 0. The number of fused-ring (bicyclic) bond motifs is 1. The number of nitrogens with one attached hydrogen (secondary N) is 1. The van der Waals surface area contributed by atoms with Gasteiger partial charge >= 0.3 is 0 Å². The molecule has 0 spiro atoms. The van der Waals surface area contributed by atoms with E-state index in [0.29, 0.717) is 17.2 Å². The molecule has 3 atom stereocenters. The first-order valence-corrected chi connectivity index (χ1v) is 10.4. The molecule has 0 bridgehead atoms. The summed E-state index contributed by atoms with van der Waals surface area (Å²) in [5, 5.41) is 2.94. The lowest BCUT2D eigenvalue weighted by Gasteiger charge is -2.25. The van der Waals surface area contributed by atoms with Crippen molar-refractivity contribution < 1.29 is 14.4 Å². The van der Waals surface area contributed by atoms with Crippen molar-refractivity contribution in [3.05, 3.63) is 59.7 Å². The van der Waals surface area contributed by atoms with E-state index in [4.69, 9.17) is 0 Å². The maximum atomic E-state index is 12.9. The molecule has 2 fully saturated rings. The summed E-state index contributed by atoms with van der Waals surface area (Å²) in [6, 6.07) is 14.4. The minimum Gasteiger partial charge on any atom is -0.322 e. The van der Waals surface area contributed by atoms with Crippen molar-refractivity contribution in [2.45, 2.75) is 39.5 Å². The van der Waals surface area contributed by atoms with Gasteiger partial charge < -0.3 is 5.32 Å². The number of carbonyl (C=O) groups is 3. The molecule has 0 aromatic heterocycles. The third-order valence-electron chi connectivity index (χ3n) is 6.22. The Morgan fingerprint density at radius 3 is 2.41 bits per heavy atom. The molecule has 2 aromatic rings. The zero-order chi connectivity index (χ0) is 20.5. The van der Waals surface area contributed by atoms with Gasteiger partial charge in [0.25, 0.3) is 5.91 Å². The molecule has 1 saturated carbocycles. The van der Waals surface area contributed by atoms with E-state index in [0.717, 1.165) is 36.9 Å². The number of anilines is 2. The highest BCUT2D eigenvalue weighted by Gasteiger charge is 2.49. The SMILES string of the molecule is CCc1ccccc1NC(=O)c1ccc(N2C(=O)[C@H]3CC[C@H](C)C[C@@H]3C2=O)cc1. The Balaban J connectivity index is 1.51. The third-order valence-corrected chi connectivity index (χ3v) is 6.22. The van der Waals surface area contributed by atoms with Crippen LogP contribution in [0.5, 0.6) is 0 Å². The second-order valence-corrected chi connectivity index (χ2v) is 8.15. The largest absolute Gasteiger partial charge is 0.322 e. The number of amides is 3. The molecule has 2 aromatic carbocycles. The summed E-state index contributed by atoms with van der Waals surface area (Å²) in [5.41, 5.74) is 2.91. The number of rotatable bonds is 4. The number of hydrogen-bond acceptors (Lipinski definition) is 3. The molecule has 4 rings (SSSR count). The summed E-state index contributed by atoms with van der Waals surface area (Å²) >= 11 is 0. The lowest BCUT2D eigenvalue weighted by atomic mass is 9.76. The van der Waals surface area contributed by atoms with Crippen LogP contribution in [0.2, 0.25) is 0 Å². The van der Waals surface area contributed by atoms with Crippen LogP contribution in [0.25, 0.3) is 0 Å². The van der Waals surface area contributed by atoms with Crippen molar-refractivity contribution in [2.75, 3.05) is 10.2 Å². The smallest absolute Gasteiger partial charge is 0.255 e. The summed E-state index contributed by atoms with van der Waals surface area (Å²) < 4.78 is 0. The van der Waals surface area contributed by atoms with Crippen LogP contribution in [-0.2, 0) is 16.0 Å². The number of benzene rings is 2. The van der Waals surface area contributed by atoms with Crippen LogP contribution < -0.4 is 10.2 Å². The molecule has 150 valence electrons. The summed E-state index contributed by atoms with van der Waals surface area (Å²) in [4.78, 5) is 39.6. The van der Waals surface area contributed by atoms with Crippen LogP contribution in [0.1, 0.15) is 49.0 Å². The van der Waals surface area contributed by atoms with Gasteiger partial charge in [0.2, 0.25) is 11.8 Å². The molecule has 0 unspecified atom stereocenters. The van der Waals surface area contributed by atoms with Crippen molar-refractivity contribution in [1.29, 1.82) is 0 Å². The lowest BCUT2D eigenvalue weighted by Crippen LogP contribution is -2.30. The molecule has 1 N–H and O–H groups in total. The van der Waals surface area contributed by atoms with Gasteiger partial charge in [0.05, 0.1) is 17.5 Å². The van der Waals surface area contributed by atoms with Gasteiger partial charge in [-0.2, -0.15) is 0 Å². The Hall–Kier alpha value is -2.95. The standard InChI is InChI=1S/C24H26N2O3/c1-3-16-6-4-5-7-21(16)25-22(27)17-9-11-18(12-10-17)26-23(28)19-13-8-15(2)14-20(19)24(26)29/h4-7,9-12,15,19-20H,3,8,13-14H2,1-2H3,(H,25,27)/t15-,19-,20-/m0/s1. The van der Waals surface area contributed by atoms with Crippen LogP contribution in [0.3, 0.4) is 0 Å². The van der Waals surface area contributed by atoms with Gasteiger partial charge in [-0.25, -0.2) is 0 Å². The third kappa shape index (κ3) is 3.57. The number of nitrogens with zero attached hydrogens (tertiary/aromatic N) is 1. The van der Waals surface area contributed by atoms with E-state index in [2.05, 4.69) is 12.2 Å². The fraction of sp³-hybridized carbons (Fsp3) is 0.375. The maximum Gasteiger partial charge on any atom is 0.255 e. The van der Waals surface area contributed by atoms with E-state index < -0.39 is 0 Å². The normalized spacial score (nSPS) is 23.8. The number of para-hydroxylation sites is 1. The zero-order valence-electron chi connectivity index (χ0n) is 16.9. The highest BCUT2D eigenvalue weighted by atomic mass is 16.2. The molecular formula is C24H26N2O3. The maximum absolute atomic E-state index is 12.9. The molecule has 0 radical (unpaired) electrons. The predicted molar refractivity (Wildman–Crippen MR) is 113 cm³/mol. The predicted octanol–water partition coefficient (Wildman–Crippen LogP) is 4.43. The van der Waals surface area contributed by atoms with Crippen LogP contribution in [0.15, 0.2) is 48.5 Å². The number of hydrogen-bond donors (Lipinski definition) is 1.